The van der Waals surface area contributed by atoms with E-state index < -0.39 is 0 Å². The first kappa shape index (κ1) is 18.1. The van der Waals surface area contributed by atoms with Crippen molar-refractivity contribution in [3.05, 3.63) is 59.4 Å². The minimum atomic E-state index is -0.320. The normalized spacial score (nSPS) is 15.1. The number of rotatable bonds is 4. The average molecular weight is 351 g/mol. The third kappa shape index (κ3) is 4.91. The fourth-order valence-corrected chi connectivity index (χ4v) is 3.29. The summed E-state index contributed by atoms with van der Waals surface area (Å²) in [5.74, 6) is -0.526. The number of carbonyl (C=O) groups is 2. The molecule has 1 aliphatic carbocycles. The van der Waals surface area contributed by atoms with E-state index in [0.717, 1.165) is 31.2 Å². The number of nitrogens with one attached hydrogen (secondary N) is 2. The molecular weight excluding hydrogens is 326 g/mol. The molecule has 136 valence electrons. The second-order valence-corrected chi connectivity index (χ2v) is 6.89. The van der Waals surface area contributed by atoms with Crippen LogP contribution in [0.1, 0.15) is 65.1 Å². The number of pyridine rings is 1. The minimum Gasteiger partial charge on any atom is -0.348 e. The summed E-state index contributed by atoms with van der Waals surface area (Å²) in [5, 5.41) is 5.89. The van der Waals surface area contributed by atoms with E-state index >= 15 is 0 Å². The highest BCUT2D eigenvalue weighted by molar-refractivity contribution is 6.03. The van der Waals surface area contributed by atoms with Gasteiger partial charge >= 0.3 is 0 Å². The van der Waals surface area contributed by atoms with Gasteiger partial charge in [-0.1, -0.05) is 43.9 Å². The smallest absolute Gasteiger partial charge is 0.274 e. The Hall–Kier alpha value is -2.69. The van der Waals surface area contributed by atoms with Crippen molar-refractivity contribution in [2.24, 2.45) is 0 Å². The molecule has 2 N–H and O–H groups in total. The summed E-state index contributed by atoms with van der Waals surface area (Å²) in [5.41, 5.74) is 2.29. The number of hydrogen-bond donors (Lipinski definition) is 2. The van der Waals surface area contributed by atoms with E-state index in [0.29, 0.717) is 5.69 Å². The second-order valence-electron chi connectivity index (χ2n) is 6.89. The van der Waals surface area contributed by atoms with E-state index in [9.17, 15) is 9.59 Å². The Balaban J connectivity index is 1.66. The molecule has 1 aromatic carbocycles. The number of benzene rings is 1. The first-order valence-corrected chi connectivity index (χ1v) is 9.28. The predicted molar refractivity (Wildman–Crippen MR) is 102 cm³/mol. The maximum absolute atomic E-state index is 12.5. The van der Waals surface area contributed by atoms with Gasteiger partial charge in [-0.15, -0.1) is 0 Å². The molecule has 2 aromatic rings. The zero-order chi connectivity index (χ0) is 18.4. The highest BCUT2D eigenvalue weighted by Gasteiger charge is 2.18. The molecule has 26 heavy (non-hydrogen) atoms. The minimum absolute atomic E-state index is 0.205. The van der Waals surface area contributed by atoms with E-state index in [-0.39, 0.29) is 29.2 Å². The van der Waals surface area contributed by atoms with Crippen molar-refractivity contribution in [3.63, 3.8) is 0 Å². The summed E-state index contributed by atoms with van der Waals surface area (Å²) < 4.78 is 0. The molecule has 5 heteroatoms. The molecule has 0 saturated heterocycles. The lowest BCUT2D eigenvalue weighted by molar-refractivity contribution is 0.0928. The molecule has 3 rings (SSSR count). The monoisotopic (exact) mass is 351 g/mol. The fraction of sp³-hybridized carbons (Fsp3) is 0.381. The molecule has 1 fully saturated rings. The molecule has 1 aliphatic rings. The molecule has 0 atom stereocenters. The highest BCUT2D eigenvalue weighted by atomic mass is 16.2. The number of amides is 2. The Labute approximate surface area is 154 Å². The van der Waals surface area contributed by atoms with Crippen LogP contribution in [0.25, 0.3) is 0 Å². The van der Waals surface area contributed by atoms with Crippen molar-refractivity contribution in [2.45, 2.75) is 51.5 Å². The molecule has 0 aliphatic heterocycles. The summed E-state index contributed by atoms with van der Waals surface area (Å²) in [7, 11) is 0. The van der Waals surface area contributed by atoms with E-state index in [4.69, 9.17) is 0 Å². The Bertz CT molecular complexity index is 780. The number of nitrogens with zero attached hydrogens (tertiary/aromatic N) is 1. The Morgan fingerprint density at radius 3 is 2.27 bits per heavy atom. The average Bonchev–Trinajstić information content (AvgIpc) is 2.90. The second kappa shape index (κ2) is 8.61. The maximum atomic E-state index is 12.5. The van der Waals surface area contributed by atoms with Gasteiger partial charge in [0.2, 0.25) is 0 Å². The summed E-state index contributed by atoms with van der Waals surface area (Å²) in [6.45, 7) is 1.96. The van der Waals surface area contributed by atoms with Crippen LogP contribution in [0.2, 0.25) is 0 Å². The topological polar surface area (TPSA) is 71.1 Å². The van der Waals surface area contributed by atoms with Crippen molar-refractivity contribution in [2.75, 3.05) is 5.32 Å². The van der Waals surface area contributed by atoms with Crippen LogP contribution in [-0.2, 0) is 0 Å². The Morgan fingerprint density at radius 2 is 1.58 bits per heavy atom. The van der Waals surface area contributed by atoms with Gasteiger partial charge in [-0.3, -0.25) is 9.59 Å². The molecule has 0 spiro atoms. The van der Waals surface area contributed by atoms with Gasteiger partial charge in [-0.2, -0.15) is 0 Å². The van der Waals surface area contributed by atoms with Gasteiger partial charge in [-0.05, 0) is 49.6 Å². The Morgan fingerprint density at radius 1 is 0.923 bits per heavy atom. The number of aryl methyl sites for hydroxylation is 1. The zero-order valence-electron chi connectivity index (χ0n) is 15.1. The number of carbonyl (C=O) groups excluding carboxylic acids is 2. The van der Waals surface area contributed by atoms with Crippen LogP contribution in [0.5, 0.6) is 0 Å². The van der Waals surface area contributed by atoms with Crippen molar-refractivity contribution >= 4 is 17.5 Å². The first-order valence-electron chi connectivity index (χ1n) is 9.28. The fourth-order valence-electron chi connectivity index (χ4n) is 3.29. The standard InChI is InChI=1S/C21H25N3O2/c1-15-8-6-11-17(14-15)23-21(26)19-13-7-12-18(24-19)20(25)22-16-9-4-2-3-5-10-16/h6-8,11-14,16H,2-5,9-10H2,1H3,(H,22,25)(H,23,26). The lowest BCUT2D eigenvalue weighted by Gasteiger charge is -2.16. The third-order valence-corrected chi connectivity index (χ3v) is 4.68. The van der Waals surface area contributed by atoms with Gasteiger partial charge in [0.05, 0.1) is 0 Å². The molecular formula is C21H25N3O2. The van der Waals surface area contributed by atoms with Crippen LogP contribution in [0, 0.1) is 6.92 Å². The van der Waals surface area contributed by atoms with E-state index in [1.807, 2.05) is 31.2 Å². The molecule has 0 unspecified atom stereocenters. The van der Waals surface area contributed by atoms with Gasteiger partial charge < -0.3 is 10.6 Å². The van der Waals surface area contributed by atoms with Gasteiger partial charge in [-0.25, -0.2) is 4.98 Å². The summed E-state index contributed by atoms with van der Waals surface area (Å²) >= 11 is 0. The quantitative estimate of drug-likeness (QED) is 0.815. The SMILES string of the molecule is Cc1cccc(NC(=O)c2cccc(C(=O)NC3CCCCCC3)n2)c1. The number of hydrogen-bond acceptors (Lipinski definition) is 3. The summed E-state index contributed by atoms with van der Waals surface area (Å²) in [4.78, 5) is 29.2. The van der Waals surface area contributed by atoms with Crippen molar-refractivity contribution in [3.8, 4) is 0 Å². The molecule has 2 amide bonds. The van der Waals surface area contributed by atoms with Crippen LogP contribution in [0.3, 0.4) is 0 Å². The molecule has 1 saturated carbocycles. The Kier molecular flexibility index (Phi) is 6.00. The van der Waals surface area contributed by atoms with E-state index in [1.165, 1.54) is 12.8 Å². The predicted octanol–water partition coefficient (Wildman–Crippen LogP) is 4.09. The van der Waals surface area contributed by atoms with Crippen LogP contribution >= 0.6 is 0 Å². The summed E-state index contributed by atoms with van der Waals surface area (Å²) in [6, 6.07) is 12.7. The molecule has 1 heterocycles. The lowest BCUT2D eigenvalue weighted by atomic mass is 10.1. The van der Waals surface area contributed by atoms with Crippen molar-refractivity contribution in [1.29, 1.82) is 0 Å². The van der Waals surface area contributed by atoms with Crippen molar-refractivity contribution < 1.29 is 9.59 Å². The number of anilines is 1. The van der Waals surface area contributed by atoms with Crippen LogP contribution < -0.4 is 10.6 Å². The molecule has 0 bridgehead atoms. The number of aromatic nitrogens is 1. The highest BCUT2D eigenvalue weighted by Crippen LogP contribution is 2.17. The third-order valence-electron chi connectivity index (χ3n) is 4.68. The first-order chi connectivity index (χ1) is 12.6. The molecule has 0 radical (unpaired) electrons. The van der Waals surface area contributed by atoms with Crippen LogP contribution in [0.15, 0.2) is 42.5 Å². The van der Waals surface area contributed by atoms with Gasteiger partial charge in [0.15, 0.2) is 0 Å². The maximum Gasteiger partial charge on any atom is 0.274 e. The molecule has 5 nitrogen and oxygen atoms in total. The van der Waals surface area contributed by atoms with Gasteiger partial charge in [0, 0.05) is 11.7 Å². The molecule has 1 aromatic heterocycles. The van der Waals surface area contributed by atoms with Gasteiger partial charge in [0.25, 0.3) is 11.8 Å². The van der Waals surface area contributed by atoms with Crippen LogP contribution in [-0.4, -0.2) is 22.8 Å². The summed E-state index contributed by atoms with van der Waals surface area (Å²) in [6.07, 6.45) is 6.80. The largest absolute Gasteiger partial charge is 0.348 e. The van der Waals surface area contributed by atoms with Crippen LogP contribution in [0.4, 0.5) is 5.69 Å². The van der Waals surface area contributed by atoms with Gasteiger partial charge in [0.1, 0.15) is 11.4 Å². The lowest BCUT2D eigenvalue weighted by Crippen LogP contribution is -2.35. The zero-order valence-corrected chi connectivity index (χ0v) is 15.1. The van der Waals surface area contributed by atoms with Crippen molar-refractivity contribution in [1.82, 2.24) is 10.3 Å². The van der Waals surface area contributed by atoms with E-state index in [2.05, 4.69) is 15.6 Å². The van der Waals surface area contributed by atoms with E-state index in [1.54, 1.807) is 18.2 Å².